The Hall–Kier alpha value is -2.83. The molecule has 0 aliphatic carbocycles. The van der Waals surface area contributed by atoms with Gasteiger partial charge in [-0.1, -0.05) is 66.6 Å². The number of anilines is 1. The molecular formula is C23H23ClN2O3S. The topological polar surface area (TPSA) is 75.3 Å². The molecule has 0 aliphatic rings. The van der Waals surface area contributed by atoms with Gasteiger partial charge in [0, 0.05) is 17.8 Å². The van der Waals surface area contributed by atoms with Crippen LogP contribution in [0, 0.1) is 6.92 Å². The SMILES string of the molecule is Cc1ccc(NS(=O)(=O)c2cc(C(=O)NC[C@H](C)c3ccccc3)ccc2Cl)cc1. The first-order chi connectivity index (χ1) is 14.3. The second-order valence-corrected chi connectivity index (χ2v) is 9.20. The molecule has 2 N–H and O–H groups in total. The van der Waals surface area contributed by atoms with E-state index in [-0.39, 0.29) is 27.3 Å². The fourth-order valence-corrected chi connectivity index (χ4v) is 4.52. The average Bonchev–Trinajstić information content (AvgIpc) is 2.74. The summed E-state index contributed by atoms with van der Waals surface area (Å²) in [6.45, 7) is 4.35. The van der Waals surface area contributed by atoms with Gasteiger partial charge in [-0.05, 0) is 48.7 Å². The van der Waals surface area contributed by atoms with Crippen LogP contribution in [0.15, 0.2) is 77.7 Å². The summed E-state index contributed by atoms with van der Waals surface area (Å²) in [4.78, 5) is 12.5. The number of carbonyl (C=O) groups is 1. The molecule has 3 rings (SSSR count). The van der Waals surface area contributed by atoms with Gasteiger partial charge in [-0.2, -0.15) is 0 Å². The van der Waals surface area contributed by atoms with Crippen LogP contribution in [0.2, 0.25) is 5.02 Å². The highest BCUT2D eigenvalue weighted by Crippen LogP contribution is 2.25. The predicted molar refractivity (Wildman–Crippen MR) is 121 cm³/mol. The Labute approximate surface area is 182 Å². The number of carbonyl (C=O) groups excluding carboxylic acids is 1. The maximum absolute atomic E-state index is 12.8. The van der Waals surface area contributed by atoms with E-state index in [0.29, 0.717) is 12.2 Å². The third kappa shape index (κ3) is 5.40. The molecule has 0 saturated heterocycles. The molecule has 0 radical (unpaired) electrons. The van der Waals surface area contributed by atoms with E-state index in [0.717, 1.165) is 11.1 Å². The van der Waals surface area contributed by atoms with Crippen molar-refractivity contribution in [1.82, 2.24) is 5.32 Å². The first-order valence-corrected chi connectivity index (χ1v) is 11.3. The Morgan fingerprint density at radius 3 is 2.33 bits per heavy atom. The van der Waals surface area contributed by atoms with Crippen molar-refractivity contribution in [3.8, 4) is 0 Å². The smallest absolute Gasteiger partial charge is 0.263 e. The van der Waals surface area contributed by atoms with E-state index in [1.165, 1.54) is 18.2 Å². The molecule has 7 heteroatoms. The van der Waals surface area contributed by atoms with Gasteiger partial charge in [0.15, 0.2) is 0 Å². The molecule has 1 atom stereocenters. The lowest BCUT2D eigenvalue weighted by molar-refractivity contribution is 0.0951. The average molecular weight is 443 g/mol. The fourth-order valence-electron chi connectivity index (χ4n) is 2.93. The minimum atomic E-state index is -3.95. The monoisotopic (exact) mass is 442 g/mol. The van der Waals surface area contributed by atoms with Gasteiger partial charge in [0.1, 0.15) is 4.90 Å². The summed E-state index contributed by atoms with van der Waals surface area (Å²) in [5.41, 5.74) is 2.77. The Morgan fingerprint density at radius 2 is 1.67 bits per heavy atom. The number of halogens is 1. The van der Waals surface area contributed by atoms with Crippen molar-refractivity contribution in [2.45, 2.75) is 24.7 Å². The molecule has 3 aromatic carbocycles. The zero-order chi connectivity index (χ0) is 21.7. The first-order valence-electron chi connectivity index (χ1n) is 9.48. The molecule has 0 heterocycles. The molecule has 0 aromatic heterocycles. The Kier molecular flexibility index (Phi) is 6.80. The highest BCUT2D eigenvalue weighted by Gasteiger charge is 2.21. The molecule has 0 spiro atoms. The van der Waals surface area contributed by atoms with Gasteiger partial charge in [0.25, 0.3) is 15.9 Å². The van der Waals surface area contributed by atoms with Crippen LogP contribution in [-0.2, 0) is 10.0 Å². The lowest BCUT2D eigenvalue weighted by Crippen LogP contribution is -2.27. The fraction of sp³-hybridized carbons (Fsp3) is 0.174. The van der Waals surface area contributed by atoms with Crippen molar-refractivity contribution in [3.05, 3.63) is 94.5 Å². The summed E-state index contributed by atoms with van der Waals surface area (Å²) in [6.07, 6.45) is 0. The summed E-state index contributed by atoms with van der Waals surface area (Å²) >= 11 is 6.13. The Bertz CT molecular complexity index is 1130. The molecular weight excluding hydrogens is 420 g/mol. The first kappa shape index (κ1) is 21.9. The van der Waals surface area contributed by atoms with Gasteiger partial charge < -0.3 is 5.32 Å². The number of rotatable bonds is 7. The standard InChI is InChI=1S/C23H23ClN2O3S/c1-16-8-11-20(12-9-16)26-30(28,29)22-14-19(10-13-21(22)24)23(27)25-15-17(2)18-6-4-3-5-7-18/h3-14,17,26H,15H2,1-2H3,(H,25,27)/t17-/m0/s1. The number of sulfonamides is 1. The molecule has 0 saturated carbocycles. The van der Waals surface area contributed by atoms with Crippen LogP contribution in [0.5, 0.6) is 0 Å². The van der Waals surface area contributed by atoms with Crippen molar-refractivity contribution >= 4 is 33.2 Å². The van der Waals surface area contributed by atoms with Crippen LogP contribution < -0.4 is 10.0 Å². The molecule has 30 heavy (non-hydrogen) atoms. The molecule has 5 nitrogen and oxygen atoms in total. The minimum absolute atomic E-state index is 0.0452. The van der Waals surface area contributed by atoms with Crippen LogP contribution in [0.25, 0.3) is 0 Å². The van der Waals surface area contributed by atoms with E-state index >= 15 is 0 Å². The van der Waals surface area contributed by atoms with Crippen molar-refractivity contribution in [1.29, 1.82) is 0 Å². The van der Waals surface area contributed by atoms with E-state index in [9.17, 15) is 13.2 Å². The van der Waals surface area contributed by atoms with Crippen molar-refractivity contribution < 1.29 is 13.2 Å². The summed E-state index contributed by atoms with van der Waals surface area (Å²) in [6, 6.07) is 21.0. The molecule has 0 fully saturated rings. The van der Waals surface area contributed by atoms with Gasteiger partial charge in [-0.15, -0.1) is 0 Å². The third-order valence-electron chi connectivity index (χ3n) is 4.72. The van der Waals surface area contributed by atoms with Gasteiger partial charge in [-0.25, -0.2) is 8.42 Å². The summed E-state index contributed by atoms with van der Waals surface area (Å²) in [5.74, 6) is -0.241. The predicted octanol–water partition coefficient (Wildman–Crippen LogP) is 4.98. The van der Waals surface area contributed by atoms with Crippen LogP contribution in [0.3, 0.4) is 0 Å². The van der Waals surface area contributed by atoms with Crippen LogP contribution in [0.1, 0.15) is 34.3 Å². The zero-order valence-corrected chi connectivity index (χ0v) is 18.3. The van der Waals surface area contributed by atoms with Crippen LogP contribution in [0.4, 0.5) is 5.69 Å². The second kappa shape index (κ2) is 9.32. The molecule has 3 aromatic rings. The minimum Gasteiger partial charge on any atom is -0.351 e. The van der Waals surface area contributed by atoms with Crippen molar-refractivity contribution in [2.75, 3.05) is 11.3 Å². The quantitative estimate of drug-likeness (QED) is 0.541. The number of hydrogen-bond donors (Lipinski definition) is 2. The largest absolute Gasteiger partial charge is 0.351 e. The van der Waals surface area contributed by atoms with Crippen LogP contribution in [-0.4, -0.2) is 20.9 Å². The van der Waals surface area contributed by atoms with E-state index < -0.39 is 10.0 Å². The van der Waals surface area contributed by atoms with E-state index in [2.05, 4.69) is 10.0 Å². The summed E-state index contributed by atoms with van der Waals surface area (Å²) in [5, 5.41) is 2.90. The lowest BCUT2D eigenvalue weighted by atomic mass is 10.0. The summed E-state index contributed by atoms with van der Waals surface area (Å²) in [7, 11) is -3.95. The highest BCUT2D eigenvalue weighted by molar-refractivity contribution is 7.92. The number of amides is 1. The zero-order valence-electron chi connectivity index (χ0n) is 16.7. The van der Waals surface area contributed by atoms with Gasteiger partial charge >= 0.3 is 0 Å². The molecule has 156 valence electrons. The number of hydrogen-bond acceptors (Lipinski definition) is 3. The van der Waals surface area contributed by atoms with E-state index in [1.54, 1.807) is 24.3 Å². The van der Waals surface area contributed by atoms with Gasteiger partial charge in [0.2, 0.25) is 0 Å². The maximum atomic E-state index is 12.8. The maximum Gasteiger partial charge on any atom is 0.263 e. The van der Waals surface area contributed by atoms with Gasteiger partial charge in [0.05, 0.1) is 5.02 Å². The lowest BCUT2D eigenvalue weighted by Gasteiger charge is -2.14. The van der Waals surface area contributed by atoms with Crippen LogP contribution >= 0.6 is 11.6 Å². The molecule has 1 amide bonds. The van der Waals surface area contributed by atoms with E-state index in [4.69, 9.17) is 11.6 Å². The van der Waals surface area contributed by atoms with E-state index in [1.807, 2.05) is 44.2 Å². The second-order valence-electron chi connectivity index (χ2n) is 7.14. The number of aryl methyl sites for hydroxylation is 1. The summed E-state index contributed by atoms with van der Waals surface area (Å²) < 4.78 is 28.1. The molecule has 0 bridgehead atoms. The molecule has 0 aliphatic heterocycles. The highest BCUT2D eigenvalue weighted by atomic mass is 35.5. The third-order valence-corrected chi connectivity index (χ3v) is 6.59. The molecule has 0 unspecified atom stereocenters. The number of nitrogens with one attached hydrogen (secondary N) is 2. The number of benzene rings is 3. The van der Waals surface area contributed by atoms with Crippen molar-refractivity contribution in [2.24, 2.45) is 0 Å². The van der Waals surface area contributed by atoms with Gasteiger partial charge in [-0.3, -0.25) is 9.52 Å². The van der Waals surface area contributed by atoms with Crippen molar-refractivity contribution in [3.63, 3.8) is 0 Å². The Morgan fingerprint density at radius 1 is 1.00 bits per heavy atom. The normalized spacial score (nSPS) is 12.2. The Balaban J connectivity index is 1.75.